The van der Waals surface area contributed by atoms with Gasteiger partial charge in [0.15, 0.2) is 0 Å². The summed E-state index contributed by atoms with van der Waals surface area (Å²) in [7, 11) is 0. The van der Waals surface area contributed by atoms with E-state index in [9.17, 15) is 15.2 Å². The highest BCUT2D eigenvalue weighted by Crippen LogP contribution is 2.10. The molecule has 1 atom stereocenters. The Hall–Kier alpha value is -1.56. The summed E-state index contributed by atoms with van der Waals surface area (Å²) in [5.74, 6) is 0.826. The summed E-state index contributed by atoms with van der Waals surface area (Å²) in [4.78, 5) is 17.5. The fraction of sp³-hybridized carbons (Fsp3) is 0.600. The zero-order valence-corrected chi connectivity index (χ0v) is 9.33. The molecule has 1 aromatic heterocycles. The van der Waals surface area contributed by atoms with Crippen LogP contribution in [0.1, 0.15) is 26.1 Å². The Bertz CT molecular complexity index is 351. The summed E-state index contributed by atoms with van der Waals surface area (Å²) in [6.07, 6.45) is 2.81. The molecule has 1 heterocycles. The first-order chi connectivity index (χ1) is 7.49. The Morgan fingerprint density at radius 3 is 2.44 bits per heavy atom. The second-order valence-electron chi connectivity index (χ2n) is 4.10. The van der Waals surface area contributed by atoms with Gasteiger partial charge in [-0.3, -0.25) is 10.1 Å². The molecule has 1 aromatic rings. The van der Waals surface area contributed by atoms with Crippen LogP contribution < -0.4 is 0 Å². The average molecular weight is 225 g/mol. The molecule has 16 heavy (non-hydrogen) atoms. The molecule has 0 aliphatic heterocycles. The molecule has 0 spiro atoms. The molecular weight excluding hydrogens is 210 g/mol. The second kappa shape index (κ2) is 5.50. The third-order valence-electron chi connectivity index (χ3n) is 2.06. The van der Waals surface area contributed by atoms with Gasteiger partial charge in [0.1, 0.15) is 18.2 Å². The molecule has 0 aliphatic carbocycles. The minimum atomic E-state index is -0.547. The molecule has 0 saturated carbocycles. The SMILES string of the molecule is CC(C)CC(O)Cc1ncc([N+](=O)[O-])cn1. The Morgan fingerprint density at radius 2 is 2.00 bits per heavy atom. The van der Waals surface area contributed by atoms with E-state index in [1.54, 1.807) is 0 Å². The van der Waals surface area contributed by atoms with E-state index < -0.39 is 11.0 Å². The van der Waals surface area contributed by atoms with Gasteiger partial charge in [-0.1, -0.05) is 13.8 Å². The third kappa shape index (κ3) is 3.90. The average Bonchev–Trinajstić information content (AvgIpc) is 2.16. The van der Waals surface area contributed by atoms with Gasteiger partial charge in [0.05, 0.1) is 11.0 Å². The lowest BCUT2D eigenvalue weighted by atomic mass is 10.0. The Kier molecular flexibility index (Phi) is 4.30. The van der Waals surface area contributed by atoms with Gasteiger partial charge in [-0.25, -0.2) is 9.97 Å². The zero-order chi connectivity index (χ0) is 12.1. The molecule has 0 aromatic carbocycles. The van der Waals surface area contributed by atoms with Gasteiger partial charge in [-0.2, -0.15) is 0 Å². The summed E-state index contributed by atoms with van der Waals surface area (Å²) in [6.45, 7) is 4.03. The van der Waals surface area contributed by atoms with Crippen LogP contribution in [0.5, 0.6) is 0 Å². The standard InChI is InChI=1S/C10H15N3O3/c1-7(2)3-9(14)4-10-11-5-8(6-12-10)13(15)16/h5-7,9,14H,3-4H2,1-2H3. The number of hydrogen-bond donors (Lipinski definition) is 1. The maximum atomic E-state index is 10.4. The lowest BCUT2D eigenvalue weighted by molar-refractivity contribution is -0.385. The monoisotopic (exact) mass is 225 g/mol. The van der Waals surface area contributed by atoms with Crippen LogP contribution in [0.25, 0.3) is 0 Å². The molecule has 0 fully saturated rings. The molecule has 0 bridgehead atoms. The van der Waals surface area contributed by atoms with E-state index in [2.05, 4.69) is 9.97 Å². The van der Waals surface area contributed by atoms with Gasteiger partial charge in [-0.05, 0) is 12.3 Å². The molecule has 0 radical (unpaired) electrons. The molecule has 6 nitrogen and oxygen atoms in total. The van der Waals surface area contributed by atoms with Gasteiger partial charge >= 0.3 is 5.69 Å². The van der Waals surface area contributed by atoms with E-state index in [0.717, 1.165) is 12.4 Å². The highest BCUT2D eigenvalue weighted by atomic mass is 16.6. The largest absolute Gasteiger partial charge is 0.393 e. The van der Waals surface area contributed by atoms with Crippen molar-refractivity contribution in [3.8, 4) is 0 Å². The first-order valence-corrected chi connectivity index (χ1v) is 5.12. The lowest BCUT2D eigenvalue weighted by Gasteiger charge is -2.11. The van der Waals surface area contributed by atoms with Gasteiger partial charge < -0.3 is 5.11 Å². The predicted octanol–water partition coefficient (Wildman–Crippen LogP) is 1.33. The van der Waals surface area contributed by atoms with Gasteiger partial charge in [0.25, 0.3) is 0 Å². The van der Waals surface area contributed by atoms with E-state index in [4.69, 9.17) is 0 Å². The molecule has 6 heteroatoms. The number of rotatable bonds is 5. The maximum Gasteiger partial charge on any atom is 0.305 e. The van der Waals surface area contributed by atoms with Crippen molar-refractivity contribution in [2.75, 3.05) is 0 Å². The van der Waals surface area contributed by atoms with E-state index >= 15 is 0 Å². The highest BCUT2D eigenvalue weighted by Gasteiger charge is 2.11. The van der Waals surface area contributed by atoms with Crippen molar-refractivity contribution in [1.29, 1.82) is 0 Å². The van der Waals surface area contributed by atoms with E-state index in [-0.39, 0.29) is 5.69 Å². The maximum absolute atomic E-state index is 10.4. The van der Waals surface area contributed by atoms with E-state index in [1.807, 2.05) is 13.8 Å². The fourth-order valence-electron chi connectivity index (χ4n) is 1.39. The van der Waals surface area contributed by atoms with Crippen molar-refractivity contribution >= 4 is 5.69 Å². The van der Waals surface area contributed by atoms with Crippen molar-refractivity contribution in [3.63, 3.8) is 0 Å². The van der Waals surface area contributed by atoms with E-state index in [0.29, 0.717) is 24.6 Å². The lowest BCUT2D eigenvalue weighted by Crippen LogP contribution is -2.15. The summed E-state index contributed by atoms with van der Waals surface area (Å²) in [6, 6.07) is 0. The fourth-order valence-corrected chi connectivity index (χ4v) is 1.39. The van der Waals surface area contributed by atoms with Crippen molar-refractivity contribution in [2.45, 2.75) is 32.8 Å². The van der Waals surface area contributed by atoms with Crippen LogP contribution in [0, 0.1) is 16.0 Å². The van der Waals surface area contributed by atoms with Crippen molar-refractivity contribution in [1.82, 2.24) is 9.97 Å². The molecule has 0 amide bonds. The summed E-state index contributed by atoms with van der Waals surface area (Å²) >= 11 is 0. The van der Waals surface area contributed by atoms with E-state index in [1.165, 1.54) is 0 Å². The van der Waals surface area contributed by atoms with Crippen LogP contribution in [-0.2, 0) is 6.42 Å². The third-order valence-corrected chi connectivity index (χ3v) is 2.06. The predicted molar refractivity (Wildman–Crippen MR) is 57.9 cm³/mol. The van der Waals surface area contributed by atoms with Gasteiger partial charge in [0, 0.05) is 6.42 Å². The number of nitrogens with zero attached hydrogens (tertiary/aromatic N) is 3. The zero-order valence-electron chi connectivity index (χ0n) is 9.33. The number of aliphatic hydroxyl groups excluding tert-OH is 1. The minimum Gasteiger partial charge on any atom is -0.393 e. The minimum absolute atomic E-state index is 0.137. The van der Waals surface area contributed by atoms with Crippen molar-refractivity contribution in [2.24, 2.45) is 5.92 Å². The summed E-state index contributed by atoms with van der Waals surface area (Å²) in [5, 5.41) is 20.0. The van der Waals surface area contributed by atoms with Crippen molar-refractivity contribution < 1.29 is 10.0 Å². The second-order valence-corrected chi connectivity index (χ2v) is 4.10. The summed E-state index contributed by atoms with van der Waals surface area (Å²) in [5.41, 5.74) is -0.137. The Balaban J connectivity index is 2.58. The molecule has 88 valence electrons. The van der Waals surface area contributed by atoms with Crippen molar-refractivity contribution in [3.05, 3.63) is 28.3 Å². The quantitative estimate of drug-likeness (QED) is 0.603. The van der Waals surface area contributed by atoms with Gasteiger partial charge in [-0.15, -0.1) is 0 Å². The first-order valence-electron chi connectivity index (χ1n) is 5.12. The van der Waals surface area contributed by atoms with Gasteiger partial charge in [0.2, 0.25) is 0 Å². The Morgan fingerprint density at radius 1 is 1.44 bits per heavy atom. The molecule has 1 rings (SSSR count). The van der Waals surface area contributed by atoms with Crippen LogP contribution in [0.15, 0.2) is 12.4 Å². The topological polar surface area (TPSA) is 89.2 Å². The molecule has 1 unspecified atom stereocenters. The first kappa shape index (κ1) is 12.5. The molecule has 1 N–H and O–H groups in total. The normalized spacial score (nSPS) is 12.8. The number of aromatic nitrogens is 2. The number of nitro groups is 1. The number of aliphatic hydroxyl groups is 1. The molecule has 0 saturated heterocycles. The summed E-state index contributed by atoms with van der Waals surface area (Å²) < 4.78 is 0. The van der Waals surface area contributed by atoms with Crippen LogP contribution >= 0.6 is 0 Å². The highest BCUT2D eigenvalue weighted by molar-refractivity contribution is 5.20. The van der Waals surface area contributed by atoms with Crippen LogP contribution in [-0.4, -0.2) is 26.1 Å². The van der Waals surface area contributed by atoms with Crippen LogP contribution in [0.3, 0.4) is 0 Å². The van der Waals surface area contributed by atoms with Crippen LogP contribution in [0.2, 0.25) is 0 Å². The Labute approximate surface area is 93.5 Å². The molecular formula is C10H15N3O3. The smallest absolute Gasteiger partial charge is 0.305 e. The number of hydrogen-bond acceptors (Lipinski definition) is 5. The molecule has 0 aliphatic rings. The van der Waals surface area contributed by atoms with Crippen LogP contribution in [0.4, 0.5) is 5.69 Å².